The fourth-order valence-corrected chi connectivity index (χ4v) is 3.23. The van der Waals surface area contributed by atoms with Crippen LogP contribution in [0.1, 0.15) is 36.6 Å². The molecule has 3 rings (SSSR count). The highest BCUT2D eigenvalue weighted by Gasteiger charge is 2.24. The number of aryl methyl sites for hydroxylation is 1. The van der Waals surface area contributed by atoms with Crippen LogP contribution < -0.4 is 5.56 Å². The average Bonchev–Trinajstić information content (AvgIpc) is 2.59. The highest BCUT2D eigenvalue weighted by molar-refractivity contribution is 6.45. The predicted molar refractivity (Wildman–Crippen MR) is 100 cm³/mol. The first kappa shape index (κ1) is 18.2. The van der Waals surface area contributed by atoms with Gasteiger partial charge < -0.3 is 5.11 Å². The lowest BCUT2D eigenvalue weighted by atomic mass is 10.0. The van der Waals surface area contributed by atoms with Crippen molar-refractivity contribution in [3.05, 3.63) is 55.7 Å². The zero-order valence-corrected chi connectivity index (χ0v) is 15.7. The van der Waals surface area contributed by atoms with Gasteiger partial charge in [0.15, 0.2) is 17.0 Å². The maximum atomic E-state index is 13.0. The van der Waals surface area contributed by atoms with Gasteiger partial charge in [0, 0.05) is 12.4 Å². The highest BCUT2D eigenvalue weighted by Crippen LogP contribution is 2.37. The summed E-state index contributed by atoms with van der Waals surface area (Å²) in [7, 11) is 0. The molecule has 0 saturated heterocycles. The Morgan fingerprint density at radius 2 is 2.00 bits per heavy atom. The quantitative estimate of drug-likeness (QED) is 0.713. The number of fused-ring (bicyclic) bond motifs is 1. The van der Waals surface area contributed by atoms with E-state index >= 15 is 0 Å². The van der Waals surface area contributed by atoms with Gasteiger partial charge in [-0.2, -0.15) is 5.26 Å². The van der Waals surface area contributed by atoms with Gasteiger partial charge in [0.1, 0.15) is 6.07 Å². The smallest absolute Gasteiger partial charge is 0.278 e. The van der Waals surface area contributed by atoms with Crippen LogP contribution in [0.4, 0.5) is 0 Å². The Hall–Kier alpha value is -2.62. The zero-order valence-electron chi connectivity index (χ0n) is 14.2. The monoisotopic (exact) mass is 388 g/mol. The first-order valence-electron chi connectivity index (χ1n) is 7.77. The van der Waals surface area contributed by atoms with Crippen LogP contribution in [0.3, 0.4) is 0 Å². The van der Waals surface area contributed by atoms with Gasteiger partial charge in [-0.15, -0.1) is 0 Å². The van der Waals surface area contributed by atoms with E-state index in [9.17, 15) is 15.2 Å². The van der Waals surface area contributed by atoms with Gasteiger partial charge in [-0.05, 0) is 24.5 Å². The Bertz CT molecular complexity index is 1150. The summed E-state index contributed by atoms with van der Waals surface area (Å²) in [6.45, 7) is 5.72. The summed E-state index contributed by atoms with van der Waals surface area (Å²) in [4.78, 5) is 21.6. The lowest BCUT2D eigenvalue weighted by molar-refractivity contribution is 0.478. The van der Waals surface area contributed by atoms with Crippen molar-refractivity contribution in [2.75, 3.05) is 0 Å². The van der Waals surface area contributed by atoms with Crippen LogP contribution in [0, 0.1) is 18.3 Å². The van der Waals surface area contributed by atoms with Crippen molar-refractivity contribution >= 4 is 34.2 Å². The van der Waals surface area contributed by atoms with Gasteiger partial charge in [0.25, 0.3) is 5.56 Å². The van der Waals surface area contributed by atoms with E-state index in [1.54, 1.807) is 18.3 Å². The molecule has 6 nitrogen and oxygen atoms in total. The van der Waals surface area contributed by atoms with Gasteiger partial charge in [0.05, 0.1) is 26.8 Å². The Morgan fingerprint density at radius 1 is 1.31 bits per heavy atom. The van der Waals surface area contributed by atoms with Crippen LogP contribution in [0.15, 0.2) is 23.3 Å². The first-order chi connectivity index (χ1) is 12.3. The van der Waals surface area contributed by atoms with Crippen LogP contribution in [0.2, 0.25) is 10.0 Å². The number of pyridine rings is 3. The molecule has 0 aliphatic rings. The average molecular weight is 389 g/mol. The van der Waals surface area contributed by atoms with Crippen molar-refractivity contribution in [2.45, 2.75) is 26.7 Å². The second-order valence-electron chi connectivity index (χ2n) is 6.11. The second-order valence-corrected chi connectivity index (χ2v) is 6.90. The molecule has 1 N–H and O–H groups in total. The van der Waals surface area contributed by atoms with Crippen molar-refractivity contribution in [3.8, 4) is 17.5 Å². The van der Waals surface area contributed by atoms with E-state index in [2.05, 4.69) is 9.97 Å². The molecule has 0 saturated carbocycles. The zero-order chi connectivity index (χ0) is 19.2. The standard InChI is InChI=1S/C18H14Cl2N4O2/c1-8(2)14-15(9(3)4-5-22-14)24-17-12(13(20)11(19)7-23-17)16(25)10(6-21)18(24)26/h4-5,7-8,25H,1-3H3. The molecule has 0 spiro atoms. The Morgan fingerprint density at radius 3 is 2.62 bits per heavy atom. The number of nitriles is 1. The van der Waals surface area contributed by atoms with E-state index in [4.69, 9.17) is 23.2 Å². The van der Waals surface area contributed by atoms with Gasteiger partial charge in [-0.3, -0.25) is 14.3 Å². The molecule has 3 aromatic rings. The number of halogens is 2. The minimum atomic E-state index is -0.693. The van der Waals surface area contributed by atoms with E-state index < -0.39 is 16.9 Å². The number of hydrogen-bond acceptors (Lipinski definition) is 5. The van der Waals surface area contributed by atoms with Gasteiger partial charge >= 0.3 is 0 Å². The summed E-state index contributed by atoms with van der Waals surface area (Å²) < 4.78 is 1.27. The molecule has 3 heterocycles. The first-order valence-corrected chi connectivity index (χ1v) is 8.52. The summed E-state index contributed by atoms with van der Waals surface area (Å²) in [6, 6.07) is 3.51. The molecular formula is C18H14Cl2N4O2. The number of nitrogens with zero attached hydrogens (tertiary/aromatic N) is 4. The minimum absolute atomic E-state index is 0.00830. The van der Waals surface area contributed by atoms with Gasteiger partial charge in [-0.25, -0.2) is 4.98 Å². The molecule has 0 fully saturated rings. The molecule has 0 amide bonds. The van der Waals surface area contributed by atoms with Crippen molar-refractivity contribution < 1.29 is 5.11 Å². The summed E-state index contributed by atoms with van der Waals surface area (Å²) in [5.74, 6) is -0.523. The van der Waals surface area contributed by atoms with Crippen molar-refractivity contribution in [3.63, 3.8) is 0 Å². The van der Waals surface area contributed by atoms with Crippen LogP contribution in [-0.4, -0.2) is 19.6 Å². The maximum Gasteiger partial charge on any atom is 0.278 e. The van der Waals surface area contributed by atoms with Crippen LogP contribution in [0.25, 0.3) is 16.7 Å². The summed E-state index contributed by atoms with van der Waals surface area (Å²) >= 11 is 12.3. The van der Waals surface area contributed by atoms with E-state index in [1.165, 1.54) is 10.8 Å². The van der Waals surface area contributed by atoms with Crippen molar-refractivity contribution in [1.82, 2.24) is 14.5 Å². The third-order valence-electron chi connectivity index (χ3n) is 4.09. The number of aromatic hydroxyl groups is 1. The third kappa shape index (κ3) is 2.61. The largest absolute Gasteiger partial charge is 0.506 e. The van der Waals surface area contributed by atoms with Crippen LogP contribution in [-0.2, 0) is 0 Å². The molecule has 0 aliphatic heterocycles. The van der Waals surface area contributed by atoms with Gasteiger partial charge in [0.2, 0.25) is 0 Å². The molecule has 8 heteroatoms. The summed E-state index contributed by atoms with van der Waals surface area (Å²) in [5.41, 5.74) is 0.937. The molecule has 0 atom stereocenters. The Kier molecular flexibility index (Phi) is 4.61. The molecule has 3 aromatic heterocycles. The summed E-state index contributed by atoms with van der Waals surface area (Å²) in [6.07, 6.45) is 2.96. The molecule has 0 unspecified atom stereocenters. The molecule has 132 valence electrons. The van der Waals surface area contributed by atoms with Crippen molar-refractivity contribution in [2.24, 2.45) is 0 Å². The molecule has 0 aromatic carbocycles. The van der Waals surface area contributed by atoms with E-state index in [0.29, 0.717) is 11.4 Å². The molecule has 26 heavy (non-hydrogen) atoms. The van der Waals surface area contributed by atoms with Crippen LogP contribution >= 0.6 is 23.2 Å². The second kappa shape index (κ2) is 6.60. The maximum absolute atomic E-state index is 13.0. The number of rotatable bonds is 2. The highest BCUT2D eigenvalue weighted by atomic mass is 35.5. The number of aromatic nitrogens is 3. The molecular weight excluding hydrogens is 375 g/mol. The minimum Gasteiger partial charge on any atom is -0.506 e. The van der Waals surface area contributed by atoms with Crippen LogP contribution in [0.5, 0.6) is 5.75 Å². The Balaban J connectivity index is 2.65. The fraction of sp³-hybridized carbons (Fsp3) is 0.222. The lowest BCUT2D eigenvalue weighted by Gasteiger charge is -2.19. The topological polar surface area (TPSA) is 91.8 Å². The molecule has 0 aliphatic carbocycles. The van der Waals surface area contributed by atoms with Crippen molar-refractivity contribution in [1.29, 1.82) is 5.26 Å². The molecule has 0 bridgehead atoms. The molecule has 0 radical (unpaired) electrons. The SMILES string of the molecule is Cc1ccnc(C(C)C)c1-n1c(=O)c(C#N)c(O)c2c(Cl)c(Cl)cnc21. The fourth-order valence-electron chi connectivity index (χ4n) is 2.86. The van der Waals surface area contributed by atoms with E-state index in [-0.39, 0.29) is 27.0 Å². The number of hydrogen-bond donors (Lipinski definition) is 1. The van der Waals surface area contributed by atoms with E-state index in [0.717, 1.165) is 5.56 Å². The Labute approximate surface area is 159 Å². The predicted octanol–water partition coefficient (Wildman–Crippen LogP) is 4.10. The normalized spacial score (nSPS) is 11.1. The van der Waals surface area contributed by atoms with Gasteiger partial charge in [-0.1, -0.05) is 37.0 Å². The summed E-state index contributed by atoms with van der Waals surface area (Å²) in [5, 5.41) is 20.0. The third-order valence-corrected chi connectivity index (χ3v) is 4.87. The van der Waals surface area contributed by atoms with E-state index in [1.807, 2.05) is 20.8 Å². The lowest BCUT2D eigenvalue weighted by Crippen LogP contribution is -2.25.